The van der Waals surface area contributed by atoms with Crippen molar-refractivity contribution >= 4 is 34.4 Å². The summed E-state index contributed by atoms with van der Waals surface area (Å²) in [6.45, 7) is -0.269. The van der Waals surface area contributed by atoms with Gasteiger partial charge in [-0.05, 0) is 66.7 Å². The Morgan fingerprint density at radius 3 is 2.62 bits per heavy atom. The number of hydrogen-bond donors (Lipinski definition) is 1. The maximum atomic E-state index is 13.1. The lowest BCUT2D eigenvalue weighted by Gasteiger charge is -2.12. The van der Waals surface area contributed by atoms with Crippen LogP contribution >= 0.6 is 0 Å². The average Bonchev–Trinajstić information content (AvgIpc) is 3.55. The molecule has 6 heteroatoms. The summed E-state index contributed by atoms with van der Waals surface area (Å²) in [5.74, 6) is 0.0753. The largest absolute Gasteiger partial charge is 0.497 e. The van der Waals surface area contributed by atoms with Crippen molar-refractivity contribution < 1.29 is 19.1 Å². The minimum Gasteiger partial charge on any atom is -0.497 e. The molecule has 3 aromatic rings. The molecule has 1 fully saturated rings. The number of allylic oxidation sites excluding steroid dienone is 1. The first-order chi connectivity index (χ1) is 15.6. The molecule has 1 heterocycles. The van der Waals surface area contributed by atoms with E-state index in [2.05, 4.69) is 11.4 Å². The smallest absolute Gasteiger partial charge is 0.339 e. The summed E-state index contributed by atoms with van der Waals surface area (Å²) in [4.78, 5) is 30.0. The van der Waals surface area contributed by atoms with E-state index in [1.165, 1.54) is 0 Å². The number of pyridine rings is 1. The van der Waals surface area contributed by atoms with Crippen LogP contribution in [0.3, 0.4) is 0 Å². The molecule has 2 aromatic carbocycles. The zero-order chi connectivity index (χ0) is 22.1. The van der Waals surface area contributed by atoms with Crippen molar-refractivity contribution in [2.75, 3.05) is 13.7 Å². The van der Waals surface area contributed by atoms with E-state index in [9.17, 15) is 9.59 Å². The van der Waals surface area contributed by atoms with Crippen molar-refractivity contribution in [3.63, 3.8) is 0 Å². The molecule has 1 aromatic heterocycles. The summed E-state index contributed by atoms with van der Waals surface area (Å²) in [5.41, 5.74) is 5.09. The average molecular weight is 428 g/mol. The highest BCUT2D eigenvalue weighted by atomic mass is 16.5. The predicted molar refractivity (Wildman–Crippen MR) is 122 cm³/mol. The molecule has 1 saturated carbocycles. The number of carbonyl (C=O) groups excluding carboxylic acids is 2. The van der Waals surface area contributed by atoms with Gasteiger partial charge < -0.3 is 14.8 Å². The molecule has 0 spiro atoms. The number of para-hydroxylation sites is 1. The third-order valence-electron chi connectivity index (χ3n) is 5.88. The van der Waals surface area contributed by atoms with Crippen LogP contribution in [0.25, 0.3) is 22.6 Å². The molecule has 5 rings (SSSR count). The van der Waals surface area contributed by atoms with Crippen LogP contribution in [0.4, 0.5) is 0 Å². The highest BCUT2D eigenvalue weighted by molar-refractivity contribution is 6.07. The van der Waals surface area contributed by atoms with Crippen LogP contribution in [-0.4, -0.2) is 36.6 Å². The van der Waals surface area contributed by atoms with E-state index in [0.29, 0.717) is 12.0 Å². The Hall–Kier alpha value is -3.67. The Bertz CT molecular complexity index is 1230. The molecule has 1 amide bonds. The third kappa shape index (κ3) is 4.08. The van der Waals surface area contributed by atoms with Gasteiger partial charge >= 0.3 is 5.97 Å². The summed E-state index contributed by atoms with van der Waals surface area (Å²) >= 11 is 0. The number of amides is 1. The summed E-state index contributed by atoms with van der Waals surface area (Å²) in [7, 11) is 1.64. The molecule has 0 saturated heterocycles. The summed E-state index contributed by atoms with van der Waals surface area (Å²) in [6, 6.07) is 15.6. The van der Waals surface area contributed by atoms with Gasteiger partial charge in [0.2, 0.25) is 0 Å². The second-order valence-corrected chi connectivity index (χ2v) is 8.19. The molecular formula is C26H24N2O4. The van der Waals surface area contributed by atoms with E-state index >= 15 is 0 Å². The number of hydrogen-bond acceptors (Lipinski definition) is 5. The van der Waals surface area contributed by atoms with Crippen molar-refractivity contribution in [2.45, 2.75) is 31.7 Å². The molecule has 2 aliphatic rings. The van der Waals surface area contributed by atoms with E-state index < -0.39 is 5.97 Å². The van der Waals surface area contributed by atoms with Crippen LogP contribution in [-0.2, 0) is 16.0 Å². The maximum absolute atomic E-state index is 13.1. The SMILES string of the molecule is COc1ccc(/C=C2\CCc3c2nc2ccccc2c3C(=O)OCC(=O)NC2CC2)cc1. The Morgan fingerprint density at radius 1 is 1.09 bits per heavy atom. The molecule has 32 heavy (non-hydrogen) atoms. The first-order valence-corrected chi connectivity index (χ1v) is 10.9. The third-order valence-corrected chi connectivity index (χ3v) is 5.88. The Kier molecular flexibility index (Phi) is 5.35. The lowest BCUT2D eigenvalue weighted by molar-refractivity contribution is -0.124. The van der Waals surface area contributed by atoms with Crippen molar-refractivity contribution in [1.29, 1.82) is 0 Å². The Morgan fingerprint density at radius 2 is 1.88 bits per heavy atom. The van der Waals surface area contributed by atoms with E-state index in [1.54, 1.807) is 7.11 Å². The molecule has 162 valence electrons. The van der Waals surface area contributed by atoms with Crippen LogP contribution in [0.2, 0.25) is 0 Å². The maximum Gasteiger partial charge on any atom is 0.339 e. The molecule has 0 unspecified atom stereocenters. The number of esters is 1. The molecule has 0 atom stereocenters. The number of aromatic nitrogens is 1. The Balaban J connectivity index is 1.48. The Labute approximate surface area is 186 Å². The fraction of sp³-hybridized carbons (Fsp3) is 0.269. The molecule has 0 aliphatic heterocycles. The number of nitrogens with one attached hydrogen (secondary N) is 1. The zero-order valence-corrected chi connectivity index (χ0v) is 17.9. The summed E-state index contributed by atoms with van der Waals surface area (Å²) in [5, 5.41) is 3.60. The second-order valence-electron chi connectivity index (χ2n) is 8.19. The highest BCUT2D eigenvalue weighted by Crippen LogP contribution is 2.38. The van der Waals surface area contributed by atoms with Gasteiger partial charge in [-0.15, -0.1) is 0 Å². The lowest BCUT2D eigenvalue weighted by atomic mass is 10.0. The highest BCUT2D eigenvalue weighted by Gasteiger charge is 2.28. The predicted octanol–water partition coefficient (Wildman–Crippen LogP) is 4.17. The molecule has 6 nitrogen and oxygen atoms in total. The fourth-order valence-corrected chi connectivity index (χ4v) is 4.11. The normalized spacial score (nSPS) is 16.1. The molecular weight excluding hydrogens is 404 g/mol. The zero-order valence-electron chi connectivity index (χ0n) is 17.9. The van der Waals surface area contributed by atoms with Crippen LogP contribution in [0.15, 0.2) is 48.5 Å². The van der Waals surface area contributed by atoms with Crippen molar-refractivity contribution in [3.05, 3.63) is 70.9 Å². The van der Waals surface area contributed by atoms with Gasteiger partial charge in [0.05, 0.1) is 23.9 Å². The summed E-state index contributed by atoms with van der Waals surface area (Å²) < 4.78 is 10.7. The fourth-order valence-electron chi connectivity index (χ4n) is 4.11. The van der Waals surface area contributed by atoms with E-state index in [4.69, 9.17) is 14.5 Å². The number of benzene rings is 2. The van der Waals surface area contributed by atoms with Gasteiger partial charge in [-0.2, -0.15) is 0 Å². The number of ether oxygens (including phenoxy) is 2. The van der Waals surface area contributed by atoms with Crippen molar-refractivity contribution in [1.82, 2.24) is 10.3 Å². The van der Waals surface area contributed by atoms with Gasteiger partial charge in [0, 0.05) is 11.4 Å². The monoisotopic (exact) mass is 428 g/mol. The first kappa shape index (κ1) is 20.2. The van der Waals surface area contributed by atoms with Crippen LogP contribution in [0.1, 0.15) is 46.4 Å². The number of rotatable bonds is 6. The standard InChI is InChI=1S/C26H24N2O4/c1-31-19-11-6-16(7-12-19)14-17-8-13-21-24(20-4-2-3-5-22(20)28-25(17)21)26(30)32-15-23(29)27-18-9-10-18/h2-7,11-12,14,18H,8-10,13,15H2,1H3,(H,27,29)/b17-14+. The number of nitrogens with zero attached hydrogens (tertiary/aromatic N) is 1. The minimum atomic E-state index is -0.475. The van der Waals surface area contributed by atoms with Gasteiger partial charge in [0.1, 0.15) is 5.75 Å². The number of methoxy groups -OCH3 is 1. The second kappa shape index (κ2) is 8.46. The lowest BCUT2D eigenvalue weighted by Crippen LogP contribution is -2.30. The van der Waals surface area contributed by atoms with Gasteiger partial charge in [0.25, 0.3) is 5.91 Å². The van der Waals surface area contributed by atoms with Crippen LogP contribution in [0, 0.1) is 0 Å². The van der Waals surface area contributed by atoms with Gasteiger partial charge in [-0.25, -0.2) is 9.78 Å². The van der Waals surface area contributed by atoms with E-state index in [-0.39, 0.29) is 18.6 Å². The van der Waals surface area contributed by atoms with Gasteiger partial charge in [0.15, 0.2) is 6.61 Å². The minimum absolute atomic E-state index is 0.234. The van der Waals surface area contributed by atoms with Crippen molar-refractivity contribution in [3.8, 4) is 5.75 Å². The van der Waals surface area contributed by atoms with Crippen LogP contribution < -0.4 is 10.1 Å². The molecule has 0 bridgehead atoms. The topological polar surface area (TPSA) is 77.5 Å². The number of fused-ring (bicyclic) bond motifs is 2. The van der Waals surface area contributed by atoms with Crippen LogP contribution in [0.5, 0.6) is 5.75 Å². The van der Waals surface area contributed by atoms with E-state index in [0.717, 1.165) is 58.3 Å². The molecule has 2 aliphatic carbocycles. The van der Waals surface area contributed by atoms with E-state index in [1.807, 2.05) is 48.5 Å². The molecule has 0 radical (unpaired) electrons. The van der Waals surface area contributed by atoms with Gasteiger partial charge in [-0.1, -0.05) is 30.3 Å². The summed E-state index contributed by atoms with van der Waals surface area (Å²) in [6.07, 6.45) is 5.57. The van der Waals surface area contributed by atoms with Crippen molar-refractivity contribution in [2.24, 2.45) is 0 Å². The molecule has 1 N–H and O–H groups in total. The first-order valence-electron chi connectivity index (χ1n) is 10.9. The van der Waals surface area contributed by atoms with Gasteiger partial charge in [-0.3, -0.25) is 4.79 Å². The quantitative estimate of drug-likeness (QED) is 0.597. The number of carbonyl (C=O) groups is 2.